The fourth-order valence-corrected chi connectivity index (χ4v) is 6.61. The molecule has 10 atom stereocenters. The van der Waals surface area contributed by atoms with E-state index in [-0.39, 0.29) is 55.5 Å². The van der Waals surface area contributed by atoms with Crippen molar-refractivity contribution in [3.05, 3.63) is 36.5 Å². The first kappa shape index (κ1) is 47.0. The predicted molar refractivity (Wildman–Crippen MR) is 194 cm³/mol. The topological polar surface area (TPSA) is 203 Å². The Hall–Kier alpha value is -3.18. The van der Waals surface area contributed by atoms with Crippen molar-refractivity contribution >= 4 is 23.9 Å². The average molecular weight is 771 g/mol. The molecule has 0 aliphatic carbocycles. The first-order chi connectivity index (χ1) is 25.4. The maximum absolute atomic E-state index is 12.9. The molecule has 4 aliphatic rings. The van der Waals surface area contributed by atoms with Gasteiger partial charge in [0.25, 0.3) is 0 Å². The molecule has 0 saturated carbocycles. The van der Waals surface area contributed by atoms with Crippen LogP contribution in [-0.4, -0.2) is 121 Å². The van der Waals surface area contributed by atoms with Gasteiger partial charge in [0.15, 0.2) is 12.4 Å². The van der Waals surface area contributed by atoms with E-state index in [4.69, 9.17) is 33.2 Å². The van der Waals surface area contributed by atoms with Crippen molar-refractivity contribution in [2.75, 3.05) is 20.8 Å². The lowest BCUT2D eigenvalue weighted by Gasteiger charge is -2.51. The fourth-order valence-electron chi connectivity index (χ4n) is 6.61. The smallest absolute Gasteiger partial charge is 0.330 e. The summed E-state index contributed by atoms with van der Waals surface area (Å²) in [5.41, 5.74) is -1.07. The molecular formula is C39H62O15. The summed E-state index contributed by atoms with van der Waals surface area (Å²) in [6, 6.07) is 0. The van der Waals surface area contributed by atoms with Crippen LogP contribution in [0.25, 0.3) is 0 Å². The summed E-state index contributed by atoms with van der Waals surface area (Å²) in [6.45, 7) is 13.0. The van der Waals surface area contributed by atoms with Crippen molar-refractivity contribution in [2.24, 2.45) is 5.41 Å². The van der Waals surface area contributed by atoms with Crippen LogP contribution >= 0.6 is 0 Å². The van der Waals surface area contributed by atoms with Crippen molar-refractivity contribution in [1.82, 2.24) is 0 Å². The van der Waals surface area contributed by atoms with Crippen LogP contribution in [-0.2, 0) is 57.1 Å². The van der Waals surface area contributed by atoms with Gasteiger partial charge in [-0.15, -0.1) is 6.58 Å². The van der Waals surface area contributed by atoms with Crippen molar-refractivity contribution in [2.45, 2.75) is 160 Å². The molecule has 3 N–H and O–H groups in total. The van der Waals surface area contributed by atoms with Gasteiger partial charge in [0, 0.05) is 38.2 Å². The third kappa shape index (κ3) is 14.8. The number of carbonyl (C=O) groups is 4. The molecule has 0 unspecified atom stereocenters. The molecular weight excluding hydrogens is 708 g/mol. The van der Waals surface area contributed by atoms with Crippen LogP contribution in [0.1, 0.15) is 99.3 Å². The third-order valence-electron chi connectivity index (χ3n) is 9.44. The summed E-state index contributed by atoms with van der Waals surface area (Å²) in [4.78, 5) is 47.2. The monoisotopic (exact) mass is 770 g/mol. The Bertz CT molecular complexity index is 1290. The number of allylic oxidation sites excluding steroid dienone is 1. The zero-order valence-corrected chi connectivity index (χ0v) is 33.0. The van der Waals surface area contributed by atoms with Gasteiger partial charge in [0.1, 0.15) is 6.10 Å². The number of ether oxygens (including phenoxy) is 8. The SMILES string of the molecule is C=CC.COC(=O)/C=C1\C[C@H]2C[C@H]([C@@H](C)O)OC(=O)C[C@H](O)C[C@@H]3CCC[C@H](C[C@@H]4CCO[C@H](/C=C/C(C)(C)[C@](O)(O2)[C@H]1OC(C)=O)O4)O3.COC(C)=O. The van der Waals surface area contributed by atoms with E-state index in [2.05, 4.69) is 11.3 Å². The maximum Gasteiger partial charge on any atom is 0.330 e. The molecule has 0 spiro atoms. The van der Waals surface area contributed by atoms with Gasteiger partial charge in [0.05, 0.1) is 63.9 Å². The molecule has 4 heterocycles. The second kappa shape index (κ2) is 22.4. The lowest BCUT2D eigenvalue weighted by Crippen LogP contribution is -2.62. The van der Waals surface area contributed by atoms with E-state index >= 15 is 0 Å². The number of rotatable bonds is 3. The number of hydrogen-bond acceptors (Lipinski definition) is 15. The minimum atomic E-state index is -2.25. The van der Waals surface area contributed by atoms with Crippen LogP contribution in [0.4, 0.5) is 0 Å². The summed E-state index contributed by atoms with van der Waals surface area (Å²) in [5, 5.41) is 33.7. The molecule has 3 fully saturated rings. The van der Waals surface area contributed by atoms with E-state index in [0.29, 0.717) is 19.4 Å². The van der Waals surface area contributed by atoms with Crippen LogP contribution in [0.15, 0.2) is 36.5 Å². The summed E-state index contributed by atoms with van der Waals surface area (Å²) in [5.74, 6) is -4.66. The number of fused-ring (bicyclic) bond motifs is 6. The van der Waals surface area contributed by atoms with Gasteiger partial charge in [-0.2, -0.15) is 0 Å². The Balaban J connectivity index is 0.00000115. The Kier molecular flexibility index (Phi) is 19.5. The second-order valence-electron chi connectivity index (χ2n) is 14.5. The highest BCUT2D eigenvalue weighted by molar-refractivity contribution is 5.83. The van der Waals surface area contributed by atoms with Crippen LogP contribution in [0.5, 0.6) is 0 Å². The van der Waals surface area contributed by atoms with E-state index in [0.717, 1.165) is 25.3 Å². The molecule has 0 amide bonds. The number of aliphatic hydroxyl groups is 3. The molecule has 308 valence electrons. The molecule has 54 heavy (non-hydrogen) atoms. The number of hydrogen-bond donors (Lipinski definition) is 3. The van der Waals surface area contributed by atoms with Gasteiger partial charge in [-0.05, 0) is 64.0 Å². The minimum absolute atomic E-state index is 0.0186. The van der Waals surface area contributed by atoms with E-state index < -0.39 is 65.9 Å². The van der Waals surface area contributed by atoms with Crippen LogP contribution in [0.2, 0.25) is 0 Å². The maximum atomic E-state index is 12.9. The third-order valence-corrected chi connectivity index (χ3v) is 9.44. The molecule has 6 bridgehead atoms. The molecule has 0 aromatic rings. The highest BCUT2D eigenvalue weighted by Gasteiger charge is 2.57. The quantitative estimate of drug-likeness (QED) is 0.162. The molecule has 15 heteroatoms. The number of methoxy groups -OCH3 is 2. The summed E-state index contributed by atoms with van der Waals surface area (Å²) < 4.78 is 44.9. The van der Waals surface area contributed by atoms with E-state index in [9.17, 15) is 34.5 Å². The number of carbonyl (C=O) groups excluding carboxylic acids is 4. The van der Waals surface area contributed by atoms with Crippen molar-refractivity contribution in [3.8, 4) is 0 Å². The number of aliphatic hydroxyl groups excluding tert-OH is 2. The zero-order valence-electron chi connectivity index (χ0n) is 33.0. The Labute approximate surface area is 318 Å². The van der Waals surface area contributed by atoms with E-state index in [1.54, 1.807) is 32.1 Å². The zero-order chi connectivity index (χ0) is 40.6. The molecule has 0 radical (unpaired) electrons. The highest BCUT2D eigenvalue weighted by atomic mass is 16.7. The fraction of sp³-hybridized carbons (Fsp3) is 0.744. The normalized spacial score (nSPS) is 34.7. The first-order valence-electron chi connectivity index (χ1n) is 18.5. The standard InChI is InChI=1S/C33H50O13.C3H6O2.C3H6/c1-19(34)27-18-26-13-21(14-28(37)40-5)31(42-20(2)35)33(39,46-26)32(3,4)11-9-30-41-12-10-25(44-30)17-24-8-6-7-23(43-24)15-22(36)16-29(38)45-27;1-3(4)5-2;1-3-2/h9,11,14,19,22-27,30-31,34,36,39H,6-8,10,12-13,15-18H2,1-5H3;1-2H3;3H,1H2,2H3/b11-9+,21-14+;;/t19-,22-,23+,24-,25+,26+,27-,30+,31+,33-;;/m1../s1. The van der Waals surface area contributed by atoms with Crippen LogP contribution in [0, 0.1) is 5.41 Å². The minimum Gasteiger partial charge on any atom is -0.469 e. The number of esters is 4. The molecule has 4 rings (SSSR count). The summed E-state index contributed by atoms with van der Waals surface area (Å²) >= 11 is 0. The number of cyclic esters (lactones) is 1. The van der Waals surface area contributed by atoms with Crippen LogP contribution < -0.4 is 0 Å². The largest absolute Gasteiger partial charge is 0.469 e. The van der Waals surface area contributed by atoms with Gasteiger partial charge in [-0.1, -0.05) is 26.0 Å². The van der Waals surface area contributed by atoms with Gasteiger partial charge in [-0.3, -0.25) is 14.4 Å². The lowest BCUT2D eigenvalue weighted by atomic mass is 9.74. The molecule has 15 nitrogen and oxygen atoms in total. The van der Waals surface area contributed by atoms with Crippen molar-refractivity contribution < 1.29 is 72.4 Å². The van der Waals surface area contributed by atoms with Gasteiger partial charge >= 0.3 is 23.9 Å². The molecule has 4 aliphatic heterocycles. The summed E-state index contributed by atoms with van der Waals surface area (Å²) in [7, 11) is 2.55. The average Bonchev–Trinajstić information content (AvgIpc) is 3.08. The Morgan fingerprint density at radius 1 is 0.963 bits per heavy atom. The second-order valence-corrected chi connectivity index (χ2v) is 14.5. The van der Waals surface area contributed by atoms with Crippen LogP contribution in [0.3, 0.4) is 0 Å². The predicted octanol–water partition coefficient (Wildman–Crippen LogP) is 3.75. The van der Waals surface area contributed by atoms with Crippen molar-refractivity contribution in [1.29, 1.82) is 0 Å². The summed E-state index contributed by atoms with van der Waals surface area (Å²) in [6.07, 6.45) is 3.18. The highest BCUT2D eigenvalue weighted by Crippen LogP contribution is 2.47. The molecule has 0 aromatic carbocycles. The lowest BCUT2D eigenvalue weighted by molar-refractivity contribution is -0.327. The van der Waals surface area contributed by atoms with Gasteiger partial charge in [0.2, 0.25) is 5.79 Å². The van der Waals surface area contributed by atoms with Gasteiger partial charge < -0.3 is 53.2 Å². The van der Waals surface area contributed by atoms with Crippen molar-refractivity contribution in [3.63, 3.8) is 0 Å². The Morgan fingerprint density at radius 2 is 1.57 bits per heavy atom. The first-order valence-corrected chi connectivity index (χ1v) is 18.5. The Morgan fingerprint density at radius 3 is 2.15 bits per heavy atom. The molecule has 3 saturated heterocycles. The van der Waals surface area contributed by atoms with Gasteiger partial charge in [-0.25, -0.2) is 4.79 Å². The van der Waals surface area contributed by atoms with E-state index in [1.165, 1.54) is 35.0 Å². The van der Waals surface area contributed by atoms with E-state index in [1.807, 2.05) is 6.92 Å². The molecule has 0 aromatic heterocycles.